The van der Waals surface area contributed by atoms with E-state index < -0.39 is 25.2 Å². The summed E-state index contributed by atoms with van der Waals surface area (Å²) in [6.45, 7) is 18.0. The van der Waals surface area contributed by atoms with Crippen LogP contribution in [0.3, 0.4) is 0 Å². The summed E-state index contributed by atoms with van der Waals surface area (Å²) in [5.41, 5.74) is 0. The van der Waals surface area contributed by atoms with Gasteiger partial charge in [0.2, 0.25) is 0 Å². The van der Waals surface area contributed by atoms with Gasteiger partial charge in [0.15, 0.2) is 22.4 Å². The standard InChI is InChI=1S/C19H40O5SSi3/c1-9-18(21)11-14-26(3,4)23-28(7,8)24-27(5,6)15-12-19(22)10-13-25-16-17(2)20/h9,17,20H,1,10-16H2,2-8H3. The van der Waals surface area contributed by atoms with Crippen LogP contribution in [0.4, 0.5) is 0 Å². The number of carbonyl (C=O) groups excluding carboxylic acids is 2. The topological polar surface area (TPSA) is 72.8 Å². The summed E-state index contributed by atoms with van der Waals surface area (Å²) in [4.78, 5) is 23.7. The maximum Gasteiger partial charge on any atom is 0.311 e. The lowest BCUT2D eigenvalue weighted by Crippen LogP contribution is -2.52. The van der Waals surface area contributed by atoms with Gasteiger partial charge in [-0.25, -0.2) is 0 Å². The van der Waals surface area contributed by atoms with Crippen molar-refractivity contribution in [3.63, 3.8) is 0 Å². The van der Waals surface area contributed by atoms with E-state index >= 15 is 0 Å². The van der Waals surface area contributed by atoms with E-state index in [0.29, 0.717) is 25.0 Å². The second kappa shape index (κ2) is 12.6. The SMILES string of the molecule is C=CC(=O)CC[Si](C)(C)O[Si](C)(C)O[Si](C)(C)CCC(=O)CCSCC(C)O. The first-order valence-electron chi connectivity index (χ1n) is 10.0. The molecule has 0 radical (unpaired) electrons. The summed E-state index contributed by atoms with van der Waals surface area (Å²) >= 11 is 1.62. The Labute approximate surface area is 179 Å². The molecule has 0 bridgehead atoms. The highest BCUT2D eigenvalue weighted by Gasteiger charge is 2.39. The molecule has 0 aliphatic heterocycles. The minimum absolute atomic E-state index is 0.0596. The van der Waals surface area contributed by atoms with Crippen LogP contribution in [-0.2, 0) is 17.8 Å². The van der Waals surface area contributed by atoms with E-state index in [0.717, 1.165) is 17.8 Å². The lowest BCUT2D eigenvalue weighted by molar-refractivity contribution is -0.118. The molecule has 1 N–H and O–H groups in total. The highest BCUT2D eigenvalue weighted by atomic mass is 32.2. The molecule has 0 aromatic heterocycles. The van der Waals surface area contributed by atoms with Crippen LogP contribution in [0, 0.1) is 0 Å². The molecule has 164 valence electrons. The molecule has 0 saturated carbocycles. The number of hydrogen-bond acceptors (Lipinski definition) is 6. The van der Waals surface area contributed by atoms with E-state index in [1.54, 1.807) is 18.7 Å². The van der Waals surface area contributed by atoms with Crippen molar-refractivity contribution in [2.75, 3.05) is 11.5 Å². The minimum atomic E-state index is -2.33. The van der Waals surface area contributed by atoms with E-state index in [1.165, 1.54) is 6.08 Å². The molecule has 1 unspecified atom stereocenters. The van der Waals surface area contributed by atoms with Crippen molar-refractivity contribution in [2.45, 2.75) is 83.7 Å². The van der Waals surface area contributed by atoms with Gasteiger partial charge in [-0.3, -0.25) is 9.59 Å². The molecule has 0 aromatic rings. The molecule has 0 amide bonds. The molecule has 0 rings (SSSR count). The van der Waals surface area contributed by atoms with Gasteiger partial charge in [-0.1, -0.05) is 6.58 Å². The Bertz CT molecular complexity index is 522. The van der Waals surface area contributed by atoms with E-state index in [-0.39, 0.29) is 17.7 Å². The van der Waals surface area contributed by atoms with Crippen LogP contribution in [-0.4, -0.2) is 59.5 Å². The molecule has 1 atom stereocenters. The van der Waals surface area contributed by atoms with E-state index in [9.17, 15) is 14.7 Å². The normalized spacial score (nSPS) is 14.0. The second-order valence-electron chi connectivity index (χ2n) is 9.01. The van der Waals surface area contributed by atoms with Crippen LogP contribution in [0.2, 0.25) is 51.4 Å². The van der Waals surface area contributed by atoms with Crippen molar-refractivity contribution in [2.24, 2.45) is 0 Å². The first-order chi connectivity index (χ1) is 12.7. The number of aliphatic hydroxyl groups is 1. The summed E-state index contributed by atoms with van der Waals surface area (Å²) in [6.07, 6.45) is 2.63. The molecule has 0 saturated heterocycles. The highest BCUT2D eigenvalue weighted by molar-refractivity contribution is 7.99. The maximum absolute atomic E-state index is 12.1. The molecule has 0 spiro atoms. The van der Waals surface area contributed by atoms with E-state index in [4.69, 9.17) is 8.23 Å². The third kappa shape index (κ3) is 14.9. The summed E-state index contributed by atoms with van der Waals surface area (Å²) in [5, 5.41) is 9.25. The van der Waals surface area contributed by atoms with Crippen molar-refractivity contribution in [3.05, 3.63) is 12.7 Å². The average molecular weight is 465 g/mol. The van der Waals surface area contributed by atoms with Gasteiger partial charge in [-0.05, 0) is 64.4 Å². The molecule has 0 fully saturated rings. The maximum atomic E-state index is 12.1. The number of ketones is 2. The second-order valence-corrected chi connectivity index (χ2v) is 22.6. The molecule has 0 heterocycles. The predicted octanol–water partition coefficient (Wildman–Crippen LogP) is 4.74. The van der Waals surface area contributed by atoms with Crippen molar-refractivity contribution in [3.8, 4) is 0 Å². The predicted molar refractivity (Wildman–Crippen MR) is 127 cm³/mol. The zero-order valence-corrected chi connectivity index (χ0v) is 22.6. The van der Waals surface area contributed by atoms with E-state index in [1.807, 2.05) is 0 Å². The average Bonchev–Trinajstić information content (AvgIpc) is 2.52. The van der Waals surface area contributed by atoms with Crippen molar-refractivity contribution >= 4 is 48.5 Å². The van der Waals surface area contributed by atoms with Gasteiger partial charge in [0.25, 0.3) is 0 Å². The zero-order chi connectivity index (χ0) is 22.0. The van der Waals surface area contributed by atoms with Crippen LogP contribution in [0.1, 0.15) is 26.2 Å². The van der Waals surface area contributed by atoms with Crippen LogP contribution < -0.4 is 0 Å². The minimum Gasteiger partial charge on any atom is -0.436 e. The molecular formula is C19H40O5SSi3. The van der Waals surface area contributed by atoms with Crippen LogP contribution in [0.25, 0.3) is 0 Å². The lowest BCUT2D eigenvalue weighted by Gasteiger charge is -2.38. The van der Waals surface area contributed by atoms with Gasteiger partial charge in [0.05, 0.1) is 6.10 Å². The molecule has 28 heavy (non-hydrogen) atoms. The van der Waals surface area contributed by atoms with Gasteiger partial charge in [-0.2, -0.15) is 11.8 Å². The Morgan fingerprint density at radius 1 is 1.00 bits per heavy atom. The summed E-state index contributed by atoms with van der Waals surface area (Å²) in [6, 6.07) is 1.56. The Balaban J connectivity index is 4.45. The molecular weight excluding hydrogens is 425 g/mol. The number of aliphatic hydroxyl groups excluding tert-OH is 1. The van der Waals surface area contributed by atoms with Gasteiger partial charge in [-0.15, -0.1) is 0 Å². The van der Waals surface area contributed by atoms with Crippen molar-refractivity contribution < 1.29 is 22.9 Å². The third-order valence-electron chi connectivity index (χ3n) is 4.14. The molecule has 5 nitrogen and oxygen atoms in total. The Kier molecular flexibility index (Phi) is 12.6. The number of rotatable bonds is 16. The fraction of sp³-hybridized carbons (Fsp3) is 0.789. The largest absolute Gasteiger partial charge is 0.436 e. The van der Waals surface area contributed by atoms with Crippen LogP contribution in [0.15, 0.2) is 12.7 Å². The first-order valence-corrected chi connectivity index (χ1v) is 20.2. The Morgan fingerprint density at radius 2 is 1.50 bits per heavy atom. The summed E-state index contributed by atoms with van der Waals surface area (Å²) in [5.74, 6) is 1.76. The number of thioether (sulfide) groups is 1. The summed E-state index contributed by atoms with van der Waals surface area (Å²) < 4.78 is 13.0. The van der Waals surface area contributed by atoms with Crippen LogP contribution in [0.5, 0.6) is 0 Å². The van der Waals surface area contributed by atoms with Crippen molar-refractivity contribution in [1.29, 1.82) is 0 Å². The molecule has 0 aliphatic rings. The monoisotopic (exact) mass is 464 g/mol. The van der Waals surface area contributed by atoms with E-state index in [2.05, 4.69) is 45.9 Å². The number of Topliss-reactive ketones (excluding diaryl/α,β-unsaturated/α-hetero) is 1. The Hall–Kier alpha value is -0.0394. The van der Waals surface area contributed by atoms with Gasteiger partial charge >= 0.3 is 8.56 Å². The van der Waals surface area contributed by atoms with Gasteiger partial charge < -0.3 is 13.3 Å². The fourth-order valence-corrected chi connectivity index (χ4v) is 17.6. The summed E-state index contributed by atoms with van der Waals surface area (Å²) in [7, 11) is -6.33. The Morgan fingerprint density at radius 3 is 1.96 bits per heavy atom. The number of carbonyl (C=O) groups is 2. The molecule has 0 aromatic carbocycles. The fourth-order valence-electron chi connectivity index (χ4n) is 2.99. The van der Waals surface area contributed by atoms with Crippen molar-refractivity contribution in [1.82, 2.24) is 0 Å². The first kappa shape index (κ1) is 28.0. The third-order valence-corrected chi connectivity index (χ3v) is 16.6. The van der Waals surface area contributed by atoms with Gasteiger partial charge in [0.1, 0.15) is 5.78 Å². The molecule has 0 aliphatic carbocycles. The number of hydrogen-bond donors (Lipinski definition) is 1. The number of allylic oxidation sites excluding steroid dienone is 1. The van der Waals surface area contributed by atoms with Gasteiger partial charge in [0, 0.05) is 30.8 Å². The zero-order valence-electron chi connectivity index (χ0n) is 18.8. The highest BCUT2D eigenvalue weighted by Crippen LogP contribution is 2.26. The lowest BCUT2D eigenvalue weighted by atomic mass is 10.2. The quantitative estimate of drug-likeness (QED) is 0.202. The van der Waals surface area contributed by atoms with Crippen LogP contribution >= 0.6 is 11.8 Å². The molecule has 9 heteroatoms. The smallest absolute Gasteiger partial charge is 0.311 e.